The maximum absolute atomic E-state index is 11.7. The molecule has 11 heteroatoms. The van der Waals surface area contributed by atoms with E-state index >= 15 is 0 Å². The first-order valence-electron chi connectivity index (χ1n) is 6.07. The lowest BCUT2D eigenvalue weighted by atomic mass is 10.1. The predicted octanol–water partition coefficient (Wildman–Crippen LogP) is 1.49. The number of nitrogens with zero attached hydrogens (tertiary/aromatic N) is 2. The molecule has 0 saturated heterocycles. The molecule has 2 rings (SSSR count). The minimum Gasteiger partial charge on any atom is -0.497 e. The average molecular weight is 324 g/mol. The van der Waals surface area contributed by atoms with Crippen molar-refractivity contribution >= 4 is 28.3 Å². The average Bonchev–Trinajstić information content (AvgIpc) is 2.45. The van der Waals surface area contributed by atoms with E-state index in [1.165, 1.54) is 6.92 Å². The van der Waals surface area contributed by atoms with Crippen LogP contribution < -0.4 is 5.63 Å². The number of hydrogen-bond donors (Lipinski definition) is 1. The minimum atomic E-state index is -1.25. The van der Waals surface area contributed by atoms with Crippen molar-refractivity contribution in [3.8, 4) is 5.75 Å². The largest absolute Gasteiger partial charge is 0.497 e. The van der Waals surface area contributed by atoms with Crippen molar-refractivity contribution in [2.75, 3.05) is 6.61 Å². The highest BCUT2D eigenvalue weighted by atomic mass is 16.6. The Morgan fingerprint density at radius 2 is 1.96 bits per heavy atom. The molecule has 1 N–H and O–H groups in total. The van der Waals surface area contributed by atoms with Gasteiger partial charge in [0.05, 0.1) is 16.5 Å². The van der Waals surface area contributed by atoms with Gasteiger partial charge in [-0.1, -0.05) is 0 Å². The van der Waals surface area contributed by atoms with E-state index in [0.29, 0.717) is 0 Å². The number of carbonyl (C=O) groups excluding carboxylic acids is 1. The first kappa shape index (κ1) is 15.9. The summed E-state index contributed by atoms with van der Waals surface area (Å²) in [7, 11) is 0. The Balaban J connectivity index is 2.89. The molecule has 0 aliphatic carbocycles. The number of phenolic OH excluding ortho intramolecular Hbond substituents is 1. The van der Waals surface area contributed by atoms with Gasteiger partial charge in [-0.3, -0.25) is 20.2 Å². The molecule has 0 spiro atoms. The van der Waals surface area contributed by atoms with E-state index in [-0.39, 0.29) is 12.0 Å². The number of phenols is 1. The molecule has 0 bridgehead atoms. The van der Waals surface area contributed by atoms with Crippen LogP contribution in [0.3, 0.4) is 0 Å². The Hall–Kier alpha value is -3.50. The molecule has 11 nitrogen and oxygen atoms in total. The second kappa shape index (κ2) is 5.71. The van der Waals surface area contributed by atoms with Gasteiger partial charge in [-0.15, -0.1) is 0 Å². The lowest BCUT2D eigenvalue weighted by Crippen LogP contribution is -2.16. The zero-order chi connectivity index (χ0) is 17.3. The number of aromatic hydroxyl groups is 1. The van der Waals surface area contributed by atoms with Crippen molar-refractivity contribution in [3.63, 3.8) is 0 Å². The molecule has 2 aromatic rings. The van der Waals surface area contributed by atoms with Crippen molar-refractivity contribution in [2.24, 2.45) is 0 Å². The molecule has 1 heterocycles. The minimum absolute atomic E-state index is 0.0355. The monoisotopic (exact) mass is 324 g/mol. The fourth-order valence-electron chi connectivity index (χ4n) is 1.88. The van der Waals surface area contributed by atoms with Gasteiger partial charge in [-0.05, 0) is 13.0 Å². The molecular formula is C12H8N2O9. The van der Waals surface area contributed by atoms with E-state index in [1.54, 1.807) is 0 Å². The van der Waals surface area contributed by atoms with Crippen LogP contribution in [0.2, 0.25) is 0 Å². The second-order valence-electron chi connectivity index (χ2n) is 4.19. The Labute approximate surface area is 126 Å². The van der Waals surface area contributed by atoms with Gasteiger partial charge in [0.2, 0.25) is 5.58 Å². The van der Waals surface area contributed by atoms with Crippen LogP contribution in [0.15, 0.2) is 21.3 Å². The van der Waals surface area contributed by atoms with Crippen LogP contribution in [0.5, 0.6) is 5.75 Å². The summed E-state index contributed by atoms with van der Waals surface area (Å²) in [5.41, 5.74) is -4.59. The standard InChI is InChI=1S/C12H8N2O9/c1-2-22-11(16)6-3-5-4-7(13(18)19)9(15)8(14(20)21)10(5)23-12(6)17/h3-4,15H,2H2,1H3. The van der Waals surface area contributed by atoms with Crippen LogP contribution in [0.25, 0.3) is 11.0 Å². The van der Waals surface area contributed by atoms with Crippen LogP contribution in [0.1, 0.15) is 17.3 Å². The summed E-state index contributed by atoms with van der Waals surface area (Å²) in [5, 5.41) is 31.2. The quantitative estimate of drug-likeness (QED) is 0.379. The maximum atomic E-state index is 11.7. The van der Waals surface area contributed by atoms with Gasteiger partial charge in [0.15, 0.2) is 0 Å². The number of ether oxygens (including phenoxy) is 1. The van der Waals surface area contributed by atoms with Crippen molar-refractivity contribution in [1.29, 1.82) is 0 Å². The SMILES string of the molecule is CCOC(=O)c1cc2cc([N+](=O)[O-])c(O)c([N+](=O)[O-])c2oc1=O. The zero-order valence-electron chi connectivity index (χ0n) is 11.5. The van der Waals surface area contributed by atoms with E-state index in [9.17, 15) is 34.9 Å². The number of carbonyl (C=O) groups is 1. The Kier molecular flexibility index (Phi) is 3.94. The number of benzene rings is 1. The third-order valence-corrected chi connectivity index (χ3v) is 2.83. The molecule has 0 fully saturated rings. The summed E-state index contributed by atoms with van der Waals surface area (Å²) in [6.07, 6.45) is 0. The Bertz CT molecular complexity index is 900. The van der Waals surface area contributed by atoms with Crippen LogP contribution in [0, 0.1) is 20.2 Å². The zero-order valence-corrected chi connectivity index (χ0v) is 11.5. The summed E-state index contributed by atoms with van der Waals surface area (Å²) < 4.78 is 9.31. The number of rotatable bonds is 4. The van der Waals surface area contributed by atoms with Crippen LogP contribution >= 0.6 is 0 Å². The number of hydrogen-bond acceptors (Lipinski definition) is 9. The van der Waals surface area contributed by atoms with E-state index in [4.69, 9.17) is 0 Å². The van der Waals surface area contributed by atoms with Crippen molar-refractivity contribution in [2.45, 2.75) is 6.92 Å². The molecule has 1 aromatic carbocycles. The van der Waals surface area contributed by atoms with Crippen molar-refractivity contribution < 1.29 is 28.9 Å². The van der Waals surface area contributed by atoms with Gasteiger partial charge in [0, 0.05) is 11.5 Å². The molecular weight excluding hydrogens is 316 g/mol. The third-order valence-electron chi connectivity index (χ3n) is 2.83. The first-order chi connectivity index (χ1) is 10.8. The number of nitro groups is 2. The van der Waals surface area contributed by atoms with Crippen molar-refractivity contribution in [3.05, 3.63) is 48.3 Å². The maximum Gasteiger partial charge on any atom is 0.360 e. The molecule has 1 aromatic heterocycles. The van der Waals surface area contributed by atoms with E-state index in [0.717, 1.165) is 12.1 Å². The third kappa shape index (κ3) is 2.66. The number of fused-ring (bicyclic) bond motifs is 1. The van der Waals surface area contributed by atoms with E-state index in [1.807, 2.05) is 0 Å². The van der Waals surface area contributed by atoms with Gasteiger partial charge in [0.1, 0.15) is 5.56 Å². The van der Waals surface area contributed by atoms with Crippen LogP contribution in [-0.4, -0.2) is 27.5 Å². The van der Waals surface area contributed by atoms with Gasteiger partial charge in [0.25, 0.3) is 5.75 Å². The molecule has 23 heavy (non-hydrogen) atoms. The molecule has 0 saturated carbocycles. The Morgan fingerprint density at radius 3 is 2.48 bits per heavy atom. The molecule has 0 atom stereocenters. The van der Waals surface area contributed by atoms with Gasteiger partial charge < -0.3 is 14.3 Å². The topological polar surface area (TPSA) is 163 Å². The predicted molar refractivity (Wildman–Crippen MR) is 73.4 cm³/mol. The highest BCUT2D eigenvalue weighted by Gasteiger charge is 2.31. The summed E-state index contributed by atoms with van der Waals surface area (Å²) >= 11 is 0. The summed E-state index contributed by atoms with van der Waals surface area (Å²) in [4.78, 5) is 43.1. The fourth-order valence-corrected chi connectivity index (χ4v) is 1.88. The van der Waals surface area contributed by atoms with Crippen LogP contribution in [0.4, 0.5) is 11.4 Å². The summed E-state index contributed by atoms with van der Waals surface area (Å²) in [6.45, 7) is 1.46. The highest BCUT2D eigenvalue weighted by molar-refractivity contribution is 5.97. The van der Waals surface area contributed by atoms with Gasteiger partial charge >= 0.3 is 23.0 Å². The van der Waals surface area contributed by atoms with Gasteiger partial charge in [-0.2, -0.15) is 0 Å². The lowest BCUT2D eigenvalue weighted by molar-refractivity contribution is -0.395. The molecule has 0 aliphatic rings. The second-order valence-corrected chi connectivity index (χ2v) is 4.19. The lowest BCUT2D eigenvalue weighted by Gasteiger charge is -2.04. The number of esters is 1. The summed E-state index contributed by atoms with van der Waals surface area (Å²) in [6, 6.07) is 1.63. The molecule has 0 unspecified atom stereocenters. The smallest absolute Gasteiger partial charge is 0.360 e. The number of nitro benzene ring substituents is 2. The fraction of sp³-hybridized carbons (Fsp3) is 0.167. The first-order valence-corrected chi connectivity index (χ1v) is 6.07. The highest BCUT2D eigenvalue weighted by Crippen LogP contribution is 2.41. The molecule has 0 aliphatic heterocycles. The normalized spacial score (nSPS) is 10.5. The Morgan fingerprint density at radius 1 is 1.30 bits per heavy atom. The molecule has 0 amide bonds. The molecule has 120 valence electrons. The van der Waals surface area contributed by atoms with E-state index < -0.39 is 49.7 Å². The van der Waals surface area contributed by atoms with Gasteiger partial charge in [-0.25, -0.2) is 9.59 Å². The summed E-state index contributed by atoms with van der Waals surface area (Å²) in [5.74, 6) is -2.29. The molecule has 0 radical (unpaired) electrons. The van der Waals surface area contributed by atoms with E-state index in [2.05, 4.69) is 9.15 Å². The van der Waals surface area contributed by atoms with Crippen LogP contribution in [-0.2, 0) is 4.74 Å². The van der Waals surface area contributed by atoms with Crippen molar-refractivity contribution in [1.82, 2.24) is 0 Å².